The van der Waals surface area contributed by atoms with Crippen LogP contribution in [-0.4, -0.2) is 93.7 Å². The summed E-state index contributed by atoms with van der Waals surface area (Å²) in [7, 11) is 4.08. The number of benzene rings is 1. The van der Waals surface area contributed by atoms with Crippen molar-refractivity contribution in [1.82, 2.24) is 25.3 Å². The van der Waals surface area contributed by atoms with Crippen LogP contribution in [0, 0.1) is 0 Å². The summed E-state index contributed by atoms with van der Waals surface area (Å²) in [6.07, 6.45) is 3.88. The Morgan fingerprint density at radius 1 is 0.964 bits per heavy atom. The van der Waals surface area contributed by atoms with E-state index < -0.39 is 0 Å². The van der Waals surface area contributed by atoms with Crippen LogP contribution in [0.5, 0.6) is 0 Å². The Labute approximate surface area is 171 Å². The van der Waals surface area contributed by atoms with Crippen LogP contribution in [0.1, 0.15) is 30.9 Å². The molecular formula is C22H38N6. The monoisotopic (exact) mass is 386 g/mol. The molecule has 0 aromatic heterocycles. The lowest BCUT2D eigenvalue weighted by atomic mass is 10.1. The first-order valence-electron chi connectivity index (χ1n) is 10.9. The number of likely N-dealkylation sites (N-methyl/N-ethyl adjacent to an activating group) is 1. The second-order valence-corrected chi connectivity index (χ2v) is 8.05. The number of aliphatic imine (C=N–C) groups is 1. The Morgan fingerprint density at radius 2 is 1.75 bits per heavy atom. The topological polar surface area (TPSA) is 46.1 Å². The summed E-state index contributed by atoms with van der Waals surface area (Å²) in [5.41, 5.74) is 1.39. The minimum atomic E-state index is 0.406. The molecule has 3 rings (SSSR count). The van der Waals surface area contributed by atoms with Gasteiger partial charge in [0.05, 0.1) is 6.04 Å². The smallest absolute Gasteiger partial charge is 0.191 e. The molecule has 6 heteroatoms. The summed E-state index contributed by atoms with van der Waals surface area (Å²) in [5.74, 6) is 0.909. The molecule has 2 aliphatic heterocycles. The van der Waals surface area contributed by atoms with Crippen molar-refractivity contribution in [2.45, 2.75) is 25.3 Å². The molecule has 2 heterocycles. The third-order valence-corrected chi connectivity index (χ3v) is 5.98. The summed E-state index contributed by atoms with van der Waals surface area (Å²) in [5, 5.41) is 7.08. The zero-order chi connectivity index (χ0) is 19.6. The molecule has 6 nitrogen and oxygen atoms in total. The van der Waals surface area contributed by atoms with Crippen LogP contribution in [0.25, 0.3) is 0 Å². The van der Waals surface area contributed by atoms with Crippen molar-refractivity contribution in [3.8, 4) is 0 Å². The maximum Gasteiger partial charge on any atom is 0.191 e. The van der Waals surface area contributed by atoms with Crippen molar-refractivity contribution in [1.29, 1.82) is 0 Å². The molecule has 2 fully saturated rings. The van der Waals surface area contributed by atoms with E-state index in [4.69, 9.17) is 0 Å². The summed E-state index contributed by atoms with van der Waals surface area (Å²) in [6.45, 7) is 10.0. The minimum absolute atomic E-state index is 0.406. The van der Waals surface area contributed by atoms with E-state index in [1.165, 1.54) is 57.5 Å². The van der Waals surface area contributed by atoms with Gasteiger partial charge in [0.2, 0.25) is 0 Å². The van der Waals surface area contributed by atoms with E-state index in [0.717, 1.165) is 32.1 Å². The average molecular weight is 387 g/mol. The highest BCUT2D eigenvalue weighted by molar-refractivity contribution is 5.79. The van der Waals surface area contributed by atoms with Crippen molar-refractivity contribution < 1.29 is 0 Å². The van der Waals surface area contributed by atoms with Crippen LogP contribution in [0.15, 0.2) is 35.3 Å². The van der Waals surface area contributed by atoms with Crippen molar-refractivity contribution in [2.24, 2.45) is 4.99 Å². The SMILES string of the molecule is CN=C(NCCN1CCCN(C)CC1)NCC(c1ccccc1)N1CCCC1. The Hall–Kier alpha value is -1.63. The van der Waals surface area contributed by atoms with Gasteiger partial charge < -0.3 is 20.4 Å². The number of rotatable bonds is 7. The highest BCUT2D eigenvalue weighted by Crippen LogP contribution is 2.24. The molecule has 0 aliphatic carbocycles. The van der Waals surface area contributed by atoms with Gasteiger partial charge >= 0.3 is 0 Å². The van der Waals surface area contributed by atoms with Gasteiger partial charge in [0.1, 0.15) is 0 Å². The fourth-order valence-electron chi connectivity index (χ4n) is 4.26. The molecule has 0 saturated carbocycles. The fourth-order valence-corrected chi connectivity index (χ4v) is 4.26. The van der Waals surface area contributed by atoms with Crippen LogP contribution in [0.3, 0.4) is 0 Å². The zero-order valence-electron chi connectivity index (χ0n) is 17.7. The van der Waals surface area contributed by atoms with Crippen LogP contribution in [0.2, 0.25) is 0 Å². The van der Waals surface area contributed by atoms with Crippen LogP contribution in [-0.2, 0) is 0 Å². The van der Waals surface area contributed by atoms with Crippen molar-refractivity contribution in [3.63, 3.8) is 0 Å². The minimum Gasteiger partial charge on any atom is -0.355 e. The van der Waals surface area contributed by atoms with E-state index in [9.17, 15) is 0 Å². The Balaban J connectivity index is 1.46. The van der Waals surface area contributed by atoms with Gasteiger partial charge in [-0.15, -0.1) is 0 Å². The van der Waals surface area contributed by atoms with Crippen LogP contribution >= 0.6 is 0 Å². The van der Waals surface area contributed by atoms with E-state index in [0.29, 0.717) is 6.04 Å². The largest absolute Gasteiger partial charge is 0.355 e. The maximum atomic E-state index is 4.44. The van der Waals surface area contributed by atoms with Gasteiger partial charge in [-0.1, -0.05) is 30.3 Å². The van der Waals surface area contributed by atoms with E-state index in [2.05, 4.69) is 67.7 Å². The number of nitrogens with one attached hydrogen (secondary N) is 2. The van der Waals surface area contributed by atoms with Gasteiger partial charge in [0.25, 0.3) is 0 Å². The summed E-state index contributed by atoms with van der Waals surface area (Å²) < 4.78 is 0. The van der Waals surface area contributed by atoms with Gasteiger partial charge in [-0.25, -0.2) is 0 Å². The second kappa shape index (κ2) is 11.4. The Kier molecular flexibility index (Phi) is 8.58. The number of hydrogen-bond acceptors (Lipinski definition) is 4. The Morgan fingerprint density at radius 3 is 2.50 bits per heavy atom. The predicted molar refractivity (Wildman–Crippen MR) is 118 cm³/mol. The lowest BCUT2D eigenvalue weighted by Crippen LogP contribution is -2.45. The van der Waals surface area contributed by atoms with Crippen molar-refractivity contribution in [3.05, 3.63) is 35.9 Å². The molecule has 28 heavy (non-hydrogen) atoms. The molecule has 1 aromatic carbocycles. The lowest BCUT2D eigenvalue weighted by Gasteiger charge is -2.29. The first-order chi connectivity index (χ1) is 13.8. The third kappa shape index (κ3) is 6.47. The quantitative estimate of drug-likeness (QED) is 0.551. The van der Waals surface area contributed by atoms with Crippen molar-refractivity contribution in [2.75, 3.05) is 73.0 Å². The van der Waals surface area contributed by atoms with E-state index in [1.807, 2.05) is 7.05 Å². The standard InChI is InChI=1S/C22H38N6/c1-23-22(24-11-16-27-13-8-12-26(2)17-18-27)25-19-21(28-14-6-7-15-28)20-9-4-3-5-10-20/h3-5,9-10,21H,6-8,11-19H2,1-2H3,(H2,23,24,25). The van der Waals surface area contributed by atoms with E-state index in [-0.39, 0.29) is 0 Å². The van der Waals surface area contributed by atoms with Gasteiger partial charge in [-0.05, 0) is 58.1 Å². The summed E-state index contributed by atoms with van der Waals surface area (Å²) in [6, 6.07) is 11.3. The average Bonchev–Trinajstić information content (AvgIpc) is 3.17. The molecule has 2 N–H and O–H groups in total. The maximum absolute atomic E-state index is 4.44. The van der Waals surface area contributed by atoms with Gasteiger partial charge in [-0.2, -0.15) is 0 Å². The third-order valence-electron chi connectivity index (χ3n) is 5.98. The van der Waals surface area contributed by atoms with E-state index >= 15 is 0 Å². The number of guanidine groups is 1. The van der Waals surface area contributed by atoms with Gasteiger partial charge in [0, 0.05) is 39.8 Å². The number of likely N-dealkylation sites (tertiary alicyclic amines) is 1. The number of nitrogens with zero attached hydrogens (tertiary/aromatic N) is 4. The zero-order valence-corrected chi connectivity index (χ0v) is 17.7. The molecule has 0 radical (unpaired) electrons. The fraction of sp³-hybridized carbons (Fsp3) is 0.682. The van der Waals surface area contributed by atoms with Gasteiger partial charge in [-0.3, -0.25) is 9.89 Å². The molecule has 1 aromatic rings. The Bertz CT molecular complexity index is 584. The summed E-state index contributed by atoms with van der Waals surface area (Å²) in [4.78, 5) is 12.0. The lowest BCUT2D eigenvalue weighted by molar-refractivity contribution is 0.245. The van der Waals surface area contributed by atoms with Crippen LogP contribution < -0.4 is 10.6 Å². The predicted octanol–water partition coefficient (Wildman–Crippen LogP) is 1.63. The molecule has 0 spiro atoms. The van der Waals surface area contributed by atoms with Crippen molar-refractivity contribution >= 4 is 5.96 Å². The molecule has 0 bridgehead atoms. The molecule has 0 amide bonds. The van der Waals surface area contributed by atoms with Gasteiger partial charge in [0.15, 0.2) is 5.96 Å². The molecule has 156 valence electrons. The molecule has 2 aliphatic rings. The first kappa shape index (κ1) is 21.1. The second-order valence-electron chi connectivity index (χ2n) is 8.05. The first-order valence-corrected chi connectivity index (χ1v) is 10.9. The number of hydrogen-bond donors (Lipinski definition) is 2. The highest BCUT2D eigenvalue weighted by Gasteiger charge is 2.23. The normalized spacial score (nSPS) is 21.4. The molecule has 1 unspecified atom stereocenters. The van der Waals surface area contributed by atoms with E-state index in [1.54, 1.807) is 0 Å². The molecule has 1 atom stereocenters. The highest BCUT2D eigenvalue weighted by atomic mass is 15.2. The summed E-state index contributed by atoms with van der Waals surface area (Å²) >= 11 is 0. The molecule has 2 saturated heterocycles. The van der Waals surface area contributed by atoms with Crippen LogP contribution in [0.4, 0.5) is 0 Å². The molecular weight excluding hydrogens is 348 g/mol.